The standard InChI is InChI=1S/C20H24N4O2S2/c1-4-10-22(11-5-2)17-14(13-15-19(26)23(6-3)20(27)28-15)18(25)24-12-8-7-9-16(24)21-17/h7-9,12-13H,4-6,10-11H2,1-3H3. The Kier molecular flexibility index (Phi) is 6.51. The van der Waals surface area contributed by atoms with Gasteiger partial charge in [0.1, 0.15) is 15.8 Å². The van der Waals surface area contributed by atoms with E-state index < -0.39 is 0 Å². The zero-order valence-electron chi connectivity index (χ0n) is 16.3. The Morgan fingerprint density at radius 3 is 2.50 bits per heavy atom. The normalized spacial score (nSPS) is 15.8. The summed E-state index contributed by atoms with van der Waals surface area (Å²) in [6, 6.07) is 5.48. The summed E-state index contributed by atoms with van der Waals surface area (Å²) in [5.41, 5.74) is 0.847. The monoisotopic (exact) mass is 416 g/mol. The third kappa shape index (κ3) is 3.84. The molecule has 0 N–H and O–H groups in total. The van der Waals surface area contributed by atoms with E-state index in [4.69, 9.17) is 17.2 Å². The molecule has 1 saturated heterocycles. The van der Waals surface area contributed by atoms with E-state index in [9.17, 15) is 9.59 Å². The average Bonchev–Trinajstić information content (AvgIpc) is 2.96. The van der Waals surface area contributed by atoms with Crippen molar-refractivity contribution in [2.75, 3.05) is 24.5 Å². The molecular formula is C20H24N4O2S2. The van der Waals surface area contributed by atoms with Gasteiger partial charge in [0.2, 0.25) is 0 Å². The van der Waals surface area contributed by atoms with Crippen LogP contribution in [0.3, 0.4) is 0 Å². The molecule has 148 valence electrons. The molecule has 1 aliphatic heterocycles. The minimum absolute atomic E-state index is 0.154. The van der Waals surface area contributed by atoms with Gasteiger partial charge in [-0.2, -0.15) is 0 Å². The summed E-state index contributed by atoms with van der Waals surface area (Å²) in [6.45, 7) is 8.18. The van der Waals surface area contributed by atoms with Crippen molar-refractivity contribution < 1.29 is 4.79 Å². The number of aromatic nitrogens is 2. The number of thiocarbonyl (C=S) groups is 1. The van der Waals surface area contributed by atoms with Crippen LogP contribution >= 0.6 is 24.0 Å². The Morgan fingerprint density at radius 2 is 1.89 bits per heavy atom. The molecule has 8 heteroatoms. The van der Waals surface area contributed by atoms with E-state index in [1.54, 1.807) is 23.2 Å². The highest BCUT2D eigenvalue weighted by Crippen LogP contribution is 2.33. The Bertz CT molecular complexity index is 993. The fourth-order valence-electron chi connectivity index (χ4n) is 3.23. The van der Waals surface area contributed by atoms with E-state index >= 15 is 0 Å². The number of amides is 1. The van der Waals surface area contributed by atoms with Gasteiger partial charge in [0, 0.05) is 25.8 Å². The summed E-state index contributed by atoms with van der Waals surface area (Å²) in [6.07, 6.45) is 5.24. The Morgan fingerprint density at radius 1 is 1.18 bits per heavy atom. The molecule has 0 atom stereocenters. The number of carbonyl (C=O) groups excluding carboxylic acids is 1. The second kappa shape index (κ2) is 8.87. The number of hydrogen-bond acceptors (Lipinski definition) is 6. The van der Waals surface area contributed by atoms with Crippen LogP contribution in [0.1, 0.15) is 39.2 Å². The molecular weight excluding hydrogens is 392 g/mol. The molecule has 3 heterocycles. The quantitative estimate of drug-likeness (QED) is 0.508. The minimum Gasteiger partial charge on any atom is -0.356 e. The topological polar surface area (TPSA) is 57.9 Å². The van der Waals surface area contributed by atoms with Crippen LogP contribution in [-0.4, -0.2) is 44.1 Å². The van der Waals surface area contributed by atoms with Gasteiger partial charge in [-0.05, 0) is 38.0 Å². The van der Waals surface area contributed by atoms with Crippen LogP contribution in [0.25, 0.3) is 11.7 Å². The summed E-state index contributed by atoms with van der Waals surface area (Å²) < 4.78 is 2.04. The lowest BCUT2D eigenvalue weighted by atomic mass is 10.2. The minimum atomic E-state index is -0.181. The SMILES string of the molecule is CCCN(CCC)c1nc2ccccn2c(=O)c1C=C1SC(=S)N(CC)C1=O. The van der Waals surface area contributed by atoms with Crippen molar-refractivity contribution in [2.45, 2.75) is 33.6 Å². The second-order valence-electron chi connectivity index (χ2n) is 6.50. The fourth-order valence-corrected chi connectivity index (χ4v) is 4.59. The largest absolute Gasteiger partial charge is 0.356 e. The van der Waals surface area contributed by atoms with Crippen molar-refractivity contribution in [3.63, 3.8) is 0 Å². The zero-order valence-corrected chi connectivity index (χ0v) is 18.0. The molecule has 1 fully saturated rings. The first-order valence-electron chi connectivity index (χ1n) is 9.53. The average molecular weight is 417 g/mol. The van der Waals surface area contributed by atoms with Gasteiger partial charge in [-0.15, -0.1) is 0 Å². The lowest BCUT2D eigenvalue weighted by Crippen LogP contribution is -2.31. The molecule has 1 amide bonds. The van der Waals surface area contributed by atoms with E-state index in [2.05, 4.69) is 18.7 Å². The number of anilines is 1. The molecule has 0 saturated carbocycles. The second-order valence-corrected chi connectivity index (χ2v) is 8.17. The molecule has 3 rings (SSSR count). The Hall–Kier alpha value is -2.19. The van der Waals surface area contributed by atoms with Crippen LogP contribution < -0.4 is 10.5 Å². The Labute approximate surface area is 174 Å². The predicted molar refractivity (Wildman–Crippen MR) is 120 cm³/mol. The van der Waals surface area contributed by atoms with Crippen LogP contribution in [-0.2, 0) is 4.79 Å². The van der Waals surface area contributed by atoms with Gasteiger partial charge in [0.15, 0.2) is 0 Å². The molecule has 0 radical (unpaired) electrons. The molecule has 2 aromatic rings. The van der Waals surface area contributed by atoms with Crippen LogP contribution in [0, 0.1) is 0 Å². The van der Waals surface area contributed by atoms with Gasteiger partial charge in [-0.1, -0.05) is 43.9 Å². The van der Waals surface area contributed by atoms with Crippen molar-refractivity contribution in [3.8, 4) is 0 Å². The summed E-state index contributed by atoms with van der Waals surface area (Å²) in [7, 11) is 0. The zero-order chi connectivity index (χ0) is 20.3. The maximum Gasteiger partial charge on any atom is 0.267 e. The maximum absolute atomic E-state index is 13.3. The Balaban J connectivity index is 2.22. The van der Waals surface area contributed by atoms with E-state index in [1.165, 1.54) is 16.2 Å². The molecule has 28 heavy (non-hydrogen) atoms. The molecule has 0 unspecified atom stereocenters. The van der Waals surface area contributed by atoms with Gasteiger partial charge in [0.25, 0.3) is 11.5 Å². The van der Waals surface area contributed by atoms with E-state index in [-0.39, 0.29) is 11.5 Å². The number of thioether (sulfide) groups is 1. The number of likely N-dealkylation sites (N-methyl/N-ethyl adjacent to an activating group) is 1. The number of carbonyl (C=O) groups is 1. The highest BCUT2D eigenvalue weighted by Gasteiger charge is 2.31. The summed E-state index contributed by atoms with van der Waals surface area (Å²) >= 11 is 6.54. The number of hydrogen-bond donors (Lipinski definition) is 0. The predicted octanol–water partition coefficient (Wildman–Crippen LogP) is 3.54. The van der Waals surface area contributed by atoms with Crippen LogP contribution in [0.4, 0.5) is 5.82 Å². The molecule has 0 bridgehead atoms. The van der Waals surface area contributed by atoms with Gasteiger partial charge in [0.05, 0.1) is 10.5 Å². The lowest BCUT2D eigenvalue weighted by Gasteiger charge is -2.24. The fraction of sp³-hybridized carbons (Fsp3) is 0.400. The maximum atomic E-state index is 13.3. The molecule has 6 nitrogen and oxygen atoms in total. The number of pyridine rings is 1. The molecule has 2 aromatic heterocycles. The smallest absolute Gasteiger partial charge is 0.267 e. The van der Waals surface area contributed by atoms with Crippen LogP contribution in [0.5, 0.6) is 0 Å². The van der Waals surface area contributed by atoms with Crippen LogP contribution in [0.15, 0.2) is 34.1 Å². The summed E-state index contributed by atoms with van der Waals surface area (Å²) in [5, 5.41) is 0. The van der Waals surface area contributed by atoms with Crippen molar-refractivity contribution in [3.05, 3.63) is 45.2 Å². The van der Waals surface area contributed by atoms with Crippen molar-refractivity contribution in [2.24, 2.45) is 0 Å². The molecule has 0 spiro atoms. The first kappa shape index (κ1) is 20.5. The van der Waals surface area contributed by atoms with Crippen LogP contribution in [0.2, 0.25) is 0 Å². The highest BCUT2D eigenvalue weighted by molar-refractivity contribution is 8.26. The number of rotatable bonds is 7. The van der Waals surface area contributed by atoms with E-state index in [1.807, 2.05) is 19.1 Å². The van der Waals surface area contributed by atoms with Gasteiger partial charge in [-0.3, -0.25) is 18.9 Å². The van der Waals surface area contributed by atoms with E-state index in [0.717, 1.165) is 25.9 Å². The summed E-state index contributed by atoms with van der Waals surface area (Å²) in [5.74, 6) is 0.472. The lowest BCUT2D eigenvalue weighted by molar-refractivity contribution is -0.121. The highest BCUT2D eigenvalue weighted by atomic mass is 32.2. The number of fused-ring (bicyclic) bond motifs is 1. The molecule has 0 aromatic carbocycles. The first-order valence-corrected chi connectivity index (χ1v) is 10.8. The third-order valence-corrected chi connectivity index (χ3v) is 5.88. The van der Waals surface area contributed by atoms with E-state index in [0.29, 0.717) is 32.8 Å². The first-order chi connectivity index (χ1) is 13.5. The van der Waals surface area contributed by atoms with Gasteiger partial charge >= 0.3 is 0 Å². The van der Waals surface area contributed by atoms with Gasteiger partial charge < -0.3 is 4.90 Å². The molecule has 0 aliphatic carbocycles. The van der Waals surface area contributed by atoms with Crippen molar-refractivity contribution >= 4 is 51.7 Å². The van der Waals surface area contributed by atoms with Crippen molar-refractivity contribution in [1.82, 2.24) is 14.3 Å². The molecule has 1 aliphatic rings. The summed E-state index contributed by atoms with van der Waals surface area (Å²) in [4.78, 5) is 34.9. The van der Waals surface area contributed by atoms with Gasteiger partial charge in [-0.25, -0.2) is 4.98 Å². The third-order valence-electron chi connectivity index (χ3n) is 4.50. The number of nitrogens with zero attached hydrogens (tertiary/aromatic N) is 4. The van der Waals surface area contributed by atoms with Crippen molar-refractivity contribution in [1.29, 1.82) is 0 Å².